The van der Waals surface area contributed by atoms with Crippen LogP contribution >= 0.6 is 0 Å². The number of carbonyl (C=O) groups excluding carboxylic acids is 1. The summed E-state index contributed by atoms with van der Waals surface area (Å²) < 4.78 is 5.15. The number of hydrogen-bond acceptors (Lipinski definition) is 4. The Labute approximate surface area is 113 Å². The van der Waals surface area contributed by atoms with E-state index in [1.807, 2.05) is 26.0 Å². The zero-order valence-corrected chi connectivity index (χ0v) is 11.5. The molecule has 0 aliphatic heterocycles. The highest BCUT2D eigenvalue weighted by atomic mass is 16.5. The van der Waals surface area contributed by atoms with E-state index in [9.17, 15) is 4.79 Å². The number of methoxy groups -OCH3 is 1. The maximum atomic E-state index is 10.9. The van der Waals surface area contributed by atoms with Crippen molar-refractivity contribution in [3.05, 3.63) is 29.3 Å². The summed E-state index contributed by atoms with van der Waals surface area (Å²) in [5.74, 6) is 0.212. The highest BCUT2D eigenvalue weighted by Crippen LogP contribution is 2.20. The molecule has 5 heteroatoms. The number of primary amides is 1. The lowest BCUT2D eigenvalue weighted by molar-refractivity contribution is -0.119. The molecule has 0 spiro atoms. The third-order valence-corrected chi connectivity index (χ3v) is 2.77. The van der Waals surface area contributed by atoms with E-state index in [2.05, 4.69) is 11.4 Å². The van der Waals surface area contributed by atoms with E-state index in [-0.39, 0.29) is 17.9 Å². The molecule has 3 N–H and O–H groups in total. The van der Waals surface area contributed by atoms with Gasteiger partial charge in [0.1, 0.15) is 11.8 Å². The molecule has 1 rings (SSSR count). The molecule has 0 heterocycles. The van der Waals surface area contributed by atoms with Gasteiger partial charge >= 0.3 is 0 Å². The average Bonchev–Trinajstić information content (AvgIpc) is 2.34. The Morgan fingerprint density at radius 2 is 2.21 bits per heavy atom. The summed E-state index contributed by atoms with van der Waals surface area (Å²) in [4.78, 5) is 10.9. The second-order valence-corrected chi connectivity index (χ2v) is 5.03. The summed E-state index contributed by atoms with van der Waals surface area (Å²) in [6, 6.07) is 7.45. The van der Waals surface area contributed by atoms with Crippen LogP contribution in [0, 0.1) is 11.3 Å². The molecular formula is C14H19N3O2. The van der Waals surface area contributed by atoms with Gasteiger partial charge in [-0.3, -0.25) is 4.79 Å². The molecule has 0 saturated heterocycles. The van der Waals surface area contributed by atoms with E-state index in [0.29, 0.717) is 17.9 Å². The number of hydrogen-bond donors (Lipinski definition) is 2. The van der Waals surface area contributed by atoms with Crippen LogP contribution in [0.3, 0.4) is 0 Å². The highest BCUT2D eigenvalue weighted by molar-refractivity contribution is 5.75. The number of benzene rings is 1. The molecule has 0 aliphatic carbocycles. The van der Waals surface area contributed by atoms with Gasteiger partial charge in [-0.15, -0.1) is 0 Å². The maximum absolute atomic E-state index is 10.9. The first-order chi connectivity index (χ1) is 8.88. The van der Waals surface area contributed by atoms with Crippen LogP contribution in [-0.2, 0) is 11.3 Å². The Bertz CT molecular complexity index is 504. The molecular weight excluding hydrogens is 242 g/mol. The summed E-state index contributed by atoms with van der Waals surface area (Å²) in [7, 11) is 1.53. The largest absolute Gasteiger partial charge is 0.495 e. The van der Waals surface area contributed by atoms with Crippen molar-refractivity contribution in [1.82, 2.24) is 5.32 Å². The van der Waals surface area contributed by atoms with Crippen LogP contribution in [0.15, 0.2) is 18.2 Å². The molecule has 0 fully saturated rings. The second-order valence-electron chi connectivity index (χ2n) is 5.03. The van der Waals surface area contributed by atoms with E-state index >= 15 is 0 Å². The SMILES string of the molecule is COc1cc(CNC(C)(C)CC(N)=O)ccc1C#N. The first-order valence-electron chi connectivity index (χ1n) is 5.98. The van der Waals surface area contributed by atoms with E-state index in [1.54, 1.807) is 6.07 Å². The van der Waals surface area contributed by atoms with E-state index in [0.717, 1.165) is 5.56 Å². The summed E-state index contributed by atoms with van der Waals surface area (Å²) in [5.41, 5.74) is 6.31. The van der Waals surface area contributed by atoms with Crippen molar-refractivity contribution >= 4 is 5.91 Å². The Hall–Kier alpha value is -2.06. The Morgan fingerprint density at radius 1 is 1.53 bits per heavy atom. The molecule has 102 valence electrons. The lowest BCUT2D eigenvalue weighted by atomic mass is 9.99. The quantitative estimate of drug-likeness (QED) is 0.808. The van der Waals surface area contributed by atoms with Crippen LogP contribution < -0.4 is 15.8 Å². The van der Waals surface area contributed by atoms with E-state index in [4.69, 9.17) is 15.7 Å². The number of nitrogens with zero attached hydrogens (tertiary/aromatic N) is 1. The van der Waals surface area contributed by atoms with Crippen LogP contribution in [0.1, 0.15) is 31.4 Å². The van der Waals surface area contributed by atoms with Crippen LogP contribution in [-0.4, -0.2) is 18.6 Å². The first kappa shape index (κ1) is 15.0. The zero-order valence-electron chi connectivity index (χ0n) is 11.5. The fraction of sp³-hybridized carbons (Fsp3) is 0.429. The summed E-state index contributed by atoms with van der Waals surface area (Å²) >= 11 is 0. The minimum absolute atomic E-state index is 0.264. The van der Waals surface area contributed by atoms with E-state index in [1.165, 1.54) is 7.11 Å². The molecule has 0 aliphatic rings. The van der Waals surface area contributed by atoms with Gasteiger partial charge in [0.2, 0.25) is 5.91 Å². The fourth-order valence-corrected chi connectivity index (χ4v) is 1.78. The van der Waals surface area contributed by atoms with Gasteiger partial charge in [0.25, 0.3) is 0 Å². The van der Waals surface area contributed by atoms with Gasteiger partial charge in [-0.05, 0) is 31.5 Å². The molecule has 0 saturated carbocycles. The van der Waals surface area contributed by atoms with Crippen LogP contribution in [0.5, 0.6) is 5.75 Å². The van der Waals surface area contributed by atoms with Crippen molar-refractivity contribution < 1.29 is 9.53 Å². The third-order valence-electron chi connectivity index (χ3n) is 2.77. The lowest BCUT2D eigenvalue weighted by Crippen LogP contribution is -2.42. The van der Waals surface area contributed by atoms with Gasteiger partial charge in [0.15, 0.2) is 0 Å². The van der Waals surface area contributed by atoms with Crippen LogP contribution in [0.2, 0.25) is 0 Å². The number of nitrogens with one attached hydrogen (secondary N) is 1. The number of amides is 1. The molecule has 1 aromatic carbocycles. The standard InChI is InChI=1S/C14H19N3O2/c1-14(2,7-13(16)18)17-9-10-4-5-11(8-15)12(6-10)19-3/h4-6,17H,7,9H2,1-3H3,(H2,16,18). The Kier molecular flexibility index (Phi) is 4.90. The highest BCUT2D eigenvalue weighted by Gasteiger charge is 2.19. The topological polar surface area (TPSA) is 88.1 Å². The number of nitriles is 1. The van der Waals surface area contributed by atoms with Gasteiger partial charge in [-0.2, -0.15) is 5.26 Å². The number of carbonyl (C=O) groups is 1. The van der Waals surface area contributed by atoms with E-state index < -0.39 is 0 Å². The Balaban J connectivity index is 2.73. The molecule has 0 atom stereocenters. The summed E-state index contributed by atoms with van der Waals surface area (Å²) in [5, 5.41) is 12.2. The smallest absolute Gasteiger partial charge is 0.219 e. The second kappa shape index (κ2) is 6.21. The molecule has 0 aromatic heterocycles. The summed E-state index contributed by atoms with van der Waals surface area (Å²) in [6.45, 7) is 4.40. The fourth-order valence-electron chi connectivity index (χ4n) is 1.78. The van der Waals surface area contributed by atoms with Crippen molar-refractivity contribution in [2.24, 2.45) is 5.73 Å². The van der Waals surface area contributed by atoms with Gasteiger partial charge < -0.3 is 15.8 Å². The molecule has 19 heavy (non-hydrogen) atoms. The van der Waals surface area contributed by atoms with Gasteiger partial charge in [0, 0.05) is 18.5 Å². The normalized spacial score (nSPS) is 10.8. The van der Waals surface area contributed by atoms with Gasteiger partial charge in [0.05, 0.1) is 12.7 Å². The van der Waals surface area contributed by atoms with Crippen LogP contribution in [0.4, 0.5) is 0 Å². The van der Waals surface area contributed by atoms with Crippen molar-refractivity contribution in [3.63, 3.8) is 0 Å². The zero-order chi connectivity index (χ0) is 14.5. The van der Waals surface area contributed by atoms with Crippen molar-refractivity contribution in [3.8, 4) is 11.8 Å². The van der Waals surface area contributed by atoms with Crippen molar-refractivity contribution in [1.29, 1.82) is 5.26 Å². The predicted molar refractivity (Wildman–Crippen MR) is 72.4 cm³/mol. The molecule has 5 nitrogen and oxygen atoms in total. The molecule has 1 aromatic rings. The minimum atomic E-state index is -0.368. The summed E-state index contributed by atoms with van der Waals surface area (Å²) in [6.07, 6.45) is 0.264. The maximum Gasteiger partial charge on any atom is 0.219 e. The number of rotatable bonds is 6. The predicted octanol–water partition coefficient (Wildman–Crippen LogP) is 1.31. The molecule has 0 radical (unpaired) electrons. The first-order valence-corrected chi connectivity index (χ1v) is 5.98. The van der Waals surface area contributed by atoms with Crippen LogP contribution in [0.25, 0.3) is 0 Å². The molecule has 1 amide bonds. The van der Waals surface area contributed by atoms with Crippen molar-refractivity contribution in [2.75, 3.05) is 7.11 Å². The Morgan fingerprint density at radius 3 is 2.74 bits per heavy atom. The van der Waals surface area contributed by atoms with Gasteiger partial charge in [-0.25, -0.2) is 0 Å². The van der Waals surface area contributed by atoms with Gasteiger partial charge in [-0.1, -0.05) is 6.07 Å². The number of nitrogens with two attached hydrogens (primary N) is 1. The van der Waals surface area contributed by atoms with Crippen molar-refractivity contribution in [2.45, 2.75) is 32.4 Å². The lowest BCUT2D eigenvalue weighted by Gasteiger charge is -2.25. The third kappa shape index (κ3) is 4.60. The average molecular weight is 261 g/mol. The number of ether oxygens (including phenoxy) is 1. The molecule has 0 unspecified atom stereocenters. The monoisotopic (exact) mass is 261 g/mol. The minimum Gasteiger partial charge on any atom is -0.495 e. The molecule has 0 bridgehead atoms.